The van der Waals surface area contributed by atoms with Gasteiger partial charge in [-0.15, -0.1) is 0 Å². The standard InChI is InChI=1S/C16H24ClN/c1-3-10-18-16(14-5-4-12(2)11-14)13-6-8-15(17)9-7-13/h6-9,12,14,16,18H,3-5,10-11H2,1-2H3. The van der Waals surface area contributed by atoms with Crippen LogP contribution in [0.4, 0.5) is 0 Å². The Bertz CT molecular complexity index is 360. The normalized spacial score (nSPS) is 25.3. The fourth-order valence-electron chi connectivity index (χ4n) is 3.08. The molecule has 0 bridgehead atoms. The van der Waals surface area contributed by atoms with Crippen LogP contribution in [0, 0.1) is 11.8 Å². The number of rotatable bonds is 5. The lowest BCUT2D eigenvalue weighted by Gasteiger charge is -2.25. The van der Waals surface area contributed by atoms with E-state index in [-0.39, 0.29) is 0 Å². The van der Waals surface area contributed by atoms with E-state index in [1.807, 2.05) is 12.1 Å². The third kappa shape index (κ3) is 3.49. The predicted octanol–water partition coefficient (Wildman–Crippen LogP) is 4.82. The highest BCUT2D eigenvalue weighted by molar-refractivity contribution is 6.30. The summed E-state index contributed by atoms with van der Waals surface area (Å²) in [5, 5.41) is 4.55. The van der Waals surface area contributed by atoms with E-state index in [4.69, 9.17) is 11.6 Å². The predicted molar refractivity (Wildman–Crippen MR) is 79.0 cm³/mol. The fourth-order valence-corrected chi connectivity index (χ4v) is 3.21. The number of benzene rings is 1. The van der Waals surface area contributed by atoms with Gasteiger partial charge in [0, 0.05) is 11.1 Å². The van der Waals surface area contributed by atoms with Gasteiger partial charge in [-0.2, -0.15) is 0 Å². The average Bonchev–Trinajstić information content (AvgIpc) is 2.78. The average molecular weight is 266 g/mol. The first-order valence-electron chi connectivity index (χ1n) is 7.19. The molecule has 18 heavy (non-hydrogen) atoms. The molecule has 1 N–H and O–H groups in total. The van der Waals surface area contributed by atoms with E-state index in [0.717, 1.165) is 23.4 Å². The van der Waals surface area contributed by atoms with Gasteiger partial charge in [0.2, 0.25) is 0 Å². The van der Waals surface area contributed by atoms with Gasteiger partial charge in [0.15, 0.2) is 0 Å². The Labute approximate surface area is 116 Å². The highest BCUT2D eigenvalue weighted by Gasteiger charge is 2.29. The minimum absolute atomic E-state index is 0.507. The summed E-state index contributed by atoms with van der Waals surface area (Å²) in [6.45, 7) is 5.69. The van der Waals surface area contributed by atoms with Crippen LogP contribution in [0.3, 0.4) is 0 Å². The maximum Gasteiger partial charge on any atom is 0.0406 e. The first kappa shape index (κ1) is 13.9. The molecule has 1 nitrogen and oxygen atoms in total. The van der Waals surface area contributed by atoms with E-state index in [0.29, 0.717) is 6.04 Å². The van der Waals surface area contributed by atoms with Gasteiger partial charge >= 0.3 is 0 Å². The van der Waals surface area contributed by atoms with Crippen molar-refractivity contribution in [1.29, 1.82) is 0 Å². The van der Waals surface area contributed by atoms with Gasteiger partial charge in [0.25, 0.3) is 0 Å². The molecular weight excluding hydrogens is 242 g/mol. The molecule has 1 aliphatic rings. The lowest BCUT2D eigenvalue weighted by Crippen LogP contribution is -2.28. The van der Waals surface area contributed by atoms with Crippen molar-refractivity contribution < 1.29 is 0 Å². The van der Waals surface area contributed by atoms with E-state index in [1.165, 1.54) is 31.2 Å². The number of halogens is 1. The van der Waals surface area contributed by atoms with Crippen molar-refractivity contribution in [1.82, 2.24) is 5.32 Å². The summed E-state index contributed by atoms with van der Waals surface area (Å²) in [4.78, 5) is 0. The molecule has 1 aromatic rings. The summed E-state index contributed by atoms with van der Waals surface area (Å²) in [7, 11) is 0. The van der Waals surface area contributed by atoms with Crippen molar-refractivity contribution in [3.63, 3.8) is 0 Å². The number of hydrogen-bond donors (Lipinski definition) is 1. The Hall–Kier alpha value is -0.530. The van der Waals surface area contributed by atoms with Crippen molar-refractivity contribution in [2.24, 2.45) is 11.8 Å². The third-order valence-corrected chi connectivity index (χ3v) is 4.30. The summed E-state index contributed by atoms with van der Waals surface area (Å²) in [6.07, 6.45) is 5.27. The fraction of sp³-hybridized carbons (Fsp3) is 0.625. The van der Waals surface area contributed by atoms with E-state index in [2.05, 4.69) is 31.3 Å². The van der Waals surface area contributed by atoms with Gasteiger partial charge in [0.1, 0.15) is 0 Å². The van der Waals surface area contributed by atoms with Crippen LogP contribution in [-0.2, 0) is 0 Å². The van der Waals surface area contributed by atoms with Crippen molar-refractivity contribution in [2.75, 3.05) is 6.54 Å². The Balaban J connectivity index is 2.11. The summed E-state index contributed by atoms with van der Waals surface area (Å²) in [5.41, 5.74) is 1.40. The van der Waals surface area contributed by atoms with Gasteiger partial charge in [0.05, 0.1) is 0 Å². The monoisotopic (exact) mass is 265 g/mol. The van der Waals surface area contributed by atoms with Crippen LogP contribution in [0.25, 0.3) is 0 Å². The zero-order valence-electron chi connectivity index (χ0n) is 11.5. The maximum atomic E-state index is 5.98. The van der Waals surface area contributed by atoms with Crippen molar-refractivity contribution in [3.05, 3.63) is 34.9 Å². The molecule has 0 radical (unpaired) electrons. The molecule has 1 aromatic carbocycles. The molecule has 1 fully saturated rings. The molecule has 1 aliphatic carbocycles. The molecule has 0 aromatic heterocycles. The molecule has 2 rings (SSSR count). The smallest absolute Gasteiger partial charge is 0.0406 e. The molecule has 0 saturated heterocycles. The molecule has 2 heteroatoms. The highest BCUT2D eigenvalue weighted by atomic mass is 35.5. The van der Waals surface area contributed by atoms with Gasteiger partial charge in [-0.1, -0.05) is 44.0 Å². The summed E-state index contributed by atoms with van der Waals surface area (Å²) < 4.78 is 0. The Kier molecular flexibility index (Phi) is 5.08. The highest BCUT2D eigenvalue weighted by Crippen LogP contribution is 2.39. The lowest BCUT2D eigenvalue weighted by atomic mass is 9.91. The lowest BCUT2D eigenvalue weighted by molar-refractivity contribution is 0.359. The second-order valence-electron chi connectivity index (χ2n) is 5.66. The summed E-state index contributed by atoms with van der Waals surface area (Å²) >= 11 is 5.98. The topological polar surface area (TPSA) is 12.0 Å². The first-order valence-corrected chi connectivity index (χ1v) is 7.57. The van der Waals surface area contributed by atoms with E-state index in [1.54, 1.807) is 0 Å². The van der Waals surface area contributed by atoms with Crippen LogP contribution in [0.15, 0.2) is 24.3 Å². The van der Waals surface area contributed by atoms with E-state index < -0.39 is 0 Å². The number of nitrogens with one attached hydrogen (secondary N) is 1. The largest absolute Gasteiger partial charge is 0.310 e. The van der Waals surface area contributed by atoms with Crippen molar-refractivity contribution in [3.8, 4) is 0 Å². The molecule has 100 valence electrons. The number of hydrogen-bond acceptors (Lipinski definition) is 1. The molecule has 0 spiro atoms. The Morgan fingerprint density at radius 3 is 2.56 bits per heavy atom. The molecule has 3 atom stereocenters. The van der Waals surface area contributed by atoms with Crippen molar-refractivity contribution in [2.45, 2.75) is 45.6 Å². The van der Waals surface area contributed by atoms with Crippen LogP contribution >= 0.6 is 11.6 Å². The van der Waals surface area contributed by atoms with E-state index >= 15 is 0 Å². The summed E-state index contributed by atoms with van der Waals surface area (Å²) in [5.74, 6) is 1.67. The van der Waals surface area contributed by atoms with Crippen LogP contribution in [0.5, 0.6) is 0 Å². The zero-order chi connectivity index (χ0) is 13.0. The van der Waals surface area contributed by atoms with E-state index in [9.17, 15) is 0 Å². The minimum Gasteiger partial charge on any atom is -0.310 e. The molecule has 0 heterocycles. The molecule has 3 unspecified atom stereocenters. The van der Waals surface area contributed by atoms with Crippen molar-refractivity contribution >= 4 is 11.6 Å². The molecule has 1 saturated carbocycles. The minimum atomic E-state index is 0.507. The van der Waals surface area contributed by atoms with Crippen LogP contribution in [0.2, 0.25) is 5.02 Å². The van der Waals surface area contributed by atoms with Crippen LogP contribution in [0.1, 0.15) is 51.1 Å². The SMILES string of the molecule is CCCNC(c1ccc(Cl)cc1)C1CCC(C)C1. The van der Waals surface area contributed by atoms with Gasteiger partial charge in [-0.3, -0.25) is 0 Å². The Morgan fingerprint density at radius 2 is 2.00 bits per heavy atom. The molecule has 0 amide bonds. The summed E-state index contributed by atoms with van der Waals surface area (Å²) in [6, 6.07) is 8.88. The zero-order valence-corrected chi connectivity index (χ0v) is 12.2. The quantitative estimate of drug-likeness (QED) is 0.805. The first-order chi connectivity index (χ1) is 8.70. The second-order valence-corrected chi connectivity index (χ2v) is 6.10. The Morgan fingerprint density at radius 1 is 1.28 bits per heavy atom. The van der Waals surface area contributed by atoms with Crippen LogP contribution < -0.4 is 5.32 Å². The maximum absolute atomic E-state index is 5.98. The second kappa shape index (κ2) is 6.58. The molecule has 0 aliphatic heterocycles. The third-order valence-electron chi connectivity index (χ3n) is 4.05. The van der Waals surface area contributed by atoms with Gasteiger partial charge in [-0.25, -0.2) is 0 Å². The van der Waals surface area contributed by atoms with Crippen LogP contribution in [-0.4, -0.2) is 6.54 Å². The van der Waals surface area contributed by atoms with Gasteiger partial charge in [-0.05, 0) is 55.3 Å². The van der Waals surface area contributed by atoms with Gasteiger partial charge < -0.3 is 5.32 Å². The molecular formula is C16H24ClN.